The average molecular weight is 526 g/mol. The van der Waals surface area contributed by atoms with Crippen LogP contribution < -0.4 is 5.32 Å². The molecule has 4 rings (SSSR count). The van der Waals surface area contributed by atoms with E-state index in [2.05, 4.69) is 10.2 Å². The van der Waals surface area contributed by atoms with E-state index < -0.39 is 46.2 Å². The van der Waals surface area contributed by atoms with Crippen LogP contribution >= 0.6 is 0 Å². The molecule has 2 aromatic rings. The molecule has 38 heavy (non-hydrogen) atoms. The van der Waals surface area contributed by atoms with E-state index in [9.17, 15) is 24.6 Å². The Morgan fingerprint density at radius 1 is 0.842 bits per heavy atom. The minimum atomic E-state index is -1.76. The number of aliphatic carboxylic acids is 2. The Labute approximate surface area is 218 Å². The first-order valence-electron chi connectivity index (χ1n) is 12.3. The van der Waals surface area contributed by atoms with Gasteiger partial charge in [-0.3, -0.25) is 4.79 Å². The number of benzene rings is 2. The van der Waals surface area contributed by atoms with E-state index in [1.807, 2.05) is 37.4 Å². The number of hydrogen-bond acceptors (Lipinski definition) is 5. The molecular weight excluding hydrogens is 496 g/mol. The number of amides is 1. The fourth-order valence-corrected chi connectivity index (χ4v) is 4.96. The van der Waals surface area contributed by atoms with Gasteiger partial charge in [-0.2, -0.15) is 0 Å². The first-order chi connectivity index (χ1) is 18.2. The minimum Gasteiger partial charge on any atom is -0.478 e. The first-order valence-corrected chi connectivity index (χ1v) is 12.3. The number of hydrogen-bond donors (Lipinski definition) is 3. The monoisotopic (exact) mass is 525 g/mol. The van der Waals surface area contributed by atoms with Crippen LogP contribution in [0.4, 0.5) is 8.78 Å². The number of nitrogens with zero attached hydrogens (tertiary/aromatic N) is 2. The highest BCUT2D eigenvalue weighted by atomic mass is 19.1. The van der Waals surface area contributed by atoms with Crippen molar-refractivity contribution in [3.05, 3.63) is 93.8 Å². The molecule has 0 saturated carbocycles. The largest absolute Gasteiger partial charge is 0.478 e. The Kier molecular flexibility index (Phi) is 8.21. The van der Waals surface area contributed by atoms with Crippen LogP contribution in [0.3, 0.4) is 0 Å². The maximum Gasteiger partial charge on any atom is 0.334 e. The van der Waals surface area contributed by atoms with Crippen molar-refractivity contribution < 1.29 is 33.4 Å². The van der Waals surface area contributed by atoms with Crippen molar-refractivity contribution in [3.8, 4) is 0 Å². The molecule has 0 radical (unpaired) electrons. The van der Waals surface area contributed by atoms with Gasteiger partial charge in [-0.15, -0.1) is 0 Å². The summed E-state index contributed by atoms with van der Waals surface area (Å²) in [5.74, 6) is -7.31. The summed E-state index contributed by atoms with van der Waals surface area (Å²) in [6, 6.07) is 12.2. The lowest BCUT2D eigenvalue weighted by Gasteiger charge is -2.35. The molecule has 2 aromatic carbocycles. The molecule has 1 atom stereocenters. The number of carbonyl (C=O) groups is 3. The number of dihydropyridines is 1. The molecule has 1 unspecified atom stereocenters. The smallest absolute Gasteiger partial charge is 0.334 e. The van der Waals surface area contributed by atoms with Gasteiger partial charge >= 0.3 is 11.9 Å². The van der Waals surface area contributed by atoms with Crippen LogP contribution in [0, 0.1) is 11.6 Å². The van der Waals surface area contributed by atoms with Gasteiger partial charge in [-0.1, -0.05) is 36.4 Å². The summed E-state index contributed by atoms with van der Waals surface area (Å²) in [6.45, 7) is 2.21. The summed E-state index contributed by atoms with van der Waals surface area (Å²) in [4.78, 5) is 41.9. The van der Waals surface area contributed by atoms with Gasteiger partial charge in [-0.05, 0) is 37.6 Å². The second-order valence-corrected chi connectivity index (χ2v) is 9.43. The van der Waals surface area contributed by atoms with E-state index in [0.717, 1.165) is 23.8 Å². The summed E-state index contributed by atoms with van der Waals surface area (Å²) in [5.41, 5.74) is -0.758. The van der Waals surface area contributed by atoms with Crippen molar-refractivity contribution in [1.29, 1.82) is 0 Å². The van der Waals surface area contributed by atoms with Crippen LogP contribution in [-0.2, 0) is 20.8 Å². The van der Waals surface area contributed by atoms with Gasteiger partial charge in [-0.25, -0.2) is 18.4 Å². The molecule has 0 aromatic heterocycles. The van der Waals surface area contributed by atoms with Gasteiger partial charge in [0, 0.05) is 43.1 Å². The van der Waals surface area contributed by atoms with Crippen molar-refractivity contribution in [1.82, 2.24) is 15.1 Å². The van der Waals surface area contributed by atoms with E-state index in [1.165, 1.54) is 0 Å². The molecule has 0 spiro atoms. The summed E-state index contributed by atoms with van der Waals surface area (Å²) in [7, 11) is 1.93. The maximum absolute atomic E-state index is 15.0. The quantitative estimate of drug-likeness (QED) is 0.486. The molecule has 2 aliphatic rings. The Hall–Kier alpha value is -4.05. The SMILES string of the molecule is CN1CCN(C(=O)CC2=C(C(=O)O)C(c3c(F)cccc3F)C(C(=O)O)=C(CCc3ccccc3)N2)CC1. The topological polar surface area (TPSA) is 110 Å². The van der Waals surface area contributed by atoms with Crippen molar-refractivity contribution >= 4 is 17.8 Å². The van der Waals surface area contributed by atoms with E-state index in [0.29, 0.717) is 32.6 Å². The number of allylic oxidation sites excluding steroid dienone is 1. The van der Waals surface area contributed by atoms with Crippen LogP contribution in [-0.4, -0.2) is 71.1 Å². The fourth-order valence-electron chi connectivity index (χ4n) is 4.96. The number of nitrogens with one attached hydrogen (secondary N) is 1. The molecule has 0 bridgehead atoms. The van der Waals surface area contributed by atoms with E-state index >= 15 is 8.78 Å². The second kappa shape index (κ2) is 11.6. The summed E-state index contributed by atoms with van der Waals surface area (Å²) in [6.07, 6.45) is 0.130. The number of piperazine rings is 1. The molecule has 200 valence electrons. The zero-order valence-electron chi connectivity index (χ0n) is 20.9. The van der Waals surface area contributed by atoms with Crippen molar-refractivity contribution in [2.24, 2.45) is 0 Å². The van der Waals surface area contributed by atoms with E-state index in [1.54, 1.807) is 4.90 Å². The number of carbonyl (C=O) groups excluding carboxylic acids is 1. The summed E-state index contributed by atoms with van der Waals surface area (Å²) in [5, 5.41) is 23.3. The zero-order valence-corrected chi connectivity index (χ0v) is 20.9. The van der Waals surface area contributed by atoms with E-state index in [-0.39, 0.29) is 30.1 Å². The van der Waals surface area contributed by atoms with Gasteiger partial charge < -0.3 is 25.3 Å². The lowest BCUT2D eigenvalue weighted by Crippen LogP contribution is -2.47. The fraction of sp³-hybridized carbons (Fsp3) is 0.321. The Balaban J connectivity index is 1.81. The van der Waals surface area contributed by atoms with Crippen LogP contribution in [0.2, 0.25) is 0 Å². The first kappa shape index (κ1) is 27.0. The Bertz CT molecular complexity index is 1280. The van der Waals surface area contributed by atoms with Crippen molar-refractivity contribution in [3.63, 3.8) is 0 Å². The number of carboxylic acids is 2. The molecule has 2 aliphatic heterocycles. The highest BCUT2D eigenvalue weighted by molar-refractivity contribution is 5.99. The number of carboxylic acid groups (broad SMARTS) is 2. The Morgan fingerprint density at radius 3 is 2.00 bits per heavy atom. The molecule has 1 saturated heterocycles. The van der Waals surface area contributed by atoms with Gasteiger partial charge in [0.15, 0.2) is 0 Å². The van der Waals surface area contributed by atoms with Crippen LogP contribution in [0.1, 0.15) is 29.9 Å². The molecule has 1 amide bonds. The third-order valence-corrected chi connectivity index (χ3v) is 6.97. The lowest BCUT2D eigenvalue weighted by atomic mass is 9.78. The molecule has 10 heteroatoms. The third kappa shape index (κ3) is 5.75. The van der Waals surface area contributed by atoms with Crippen molar-refractivity contribution in [2.75, 3.05) is 33.2 Å². The van der Waals surface area contributed by atoms with Gasteiger partial charge in [0.05, 0.1) is 23.5 Å². The van der Waals surface area contributed by atoms with E-state index in [4.69, 9.17) is 0 Å². The van der Waals surface area contributed by atoms with Crippen molar-refractivity contribution in [2.45, 2.75) is 25.2 Å². The maximum atomic E-state index is 15.0. The number of halogens is 2. The molecular formula is C28H29F2N3O5. The standard InChI is InChI=1S/C28H29F2N3O5/c1-32-12-14-33(15-13-32)22(34)16-21-25(28(37)38)26(23-18(29)8-5-9-19(23)30)24(27(35)36)20(31-21)11-10-17-6-3-2-4-7-17/h2-9,26,31H,10-16H2,1H3,(H,35,36)(H,37,38). The Morgan fingerprint density at radius 2 is 1.42 bits per heavy atom. The normalized spacial score (nSPS) is 18.4. The predicted molar refractivity (Wildman–Crippen MR) is 135 cm³/mol. The second-order valence-electron chi connectivity index (χ2n) is 9.43. The summed E-state index contributed by atoms with van der Waals surface area (Å²) < 4.78 is 30.1. The molecule has 0 aliphatic carbocycles. The molecule has 2 heterocycles. The highest BCUT2D eigenvalue weighted by Gasteiger charge is 2.41. The van der Waals surface area contributed by atoms with Gasteiger partial charge in [0.25, 0.3) is 0 Å². The zero-order chi connectivity index (χ0) is 27.4. The molecule has 3 N–H and O–H groups in total. The van der Waals surface area contributed by atoms with Gasteiger partial charge in [0.2, 0.25) is 5.91 Å². The average Bonchev–Trinajstić information content (AvgIpc) is 2.87. The highest BCUT2D eigenvalue weighted by Crippen LogP contribution is 2.42. The minimum absolute atomic E-state index is 0.0675. The number of rotatable bonds is 8. The number of aryl methyl sites for hydroxylation is 1. The predicted octanol–water partition coefficient (Wildman–Crippen LogP) is 3.13. The van der Waals surface area contributed by atoms with Crippen LogP contribution in [0.5, 0.6) is 0 Å². The third-order valence-electron chi connectivity index (χ3n) is 6.97. The number of likely N-dealkylation sites (N-methyl/N-ethyl adjacent to an activating group) is 1. The molecule has 8 nitrogen and oxygen atoms in total. The van der Waals surface area contributed by atoms with Gasteiger partial charge in [0.1, 0.15) is 11.6 Å². The van der Waals surface area contributed by atoms with Crippen LogP contribution in [0.25, 0.3) is 0 Å². The summed E-state index contributed by atoms with van der Waals surface area (Å²) >= 11 is 0. The van der Waals surface area contributed by atoms with Crippen LogP contribution in [0.15, 0.2) is 71.1 Å². The lowest BCUT2D eigenvalue weighted by molar-refractivity contribution is -0.133. The molecule has 1 fully saturated rings.